The van der Waals surface area contributed by atoms with Gasteiger partial charge in [0.05, 0.1) is 0 Å². The van der Waals surface area contributed by atoms with Crippen LogP contribution in [0.4, 0.5) is 5.82 Å². The third-order valence-electron chi connectivity index (χ3n) is 3.01. The average molecular weight is 310 g/mol. The zero-order valence-electron chi connectivity index (χ0n) is 13.0. The van der Waals surface area contributed by atoms with Crippen LogP contribution in [0.25, 0.3) is 0 Å². The molecule has 0 radical (unpaired) electrons. The average Bonchev–Trinajstić information content (AvgIpc) is 2.52. The van der Waals surface area contributed by atoms with Gasteiger partial charge in [-0.3, -0.25) is 4.79 Å². The van der Waals surface area contributed by atoms with Crippen molar-refractivity contribution in [1.29, 1.82) is 0 Å². The summed E-state index contributed by atoms with van der Waals surface area (Å²) in [4.78, 5) is 11.9. The molecule has 5 nitrogen and oxygen atoms in total. The van der Waals surface area contributed by atoms with E-state index >= 15 is 0 Å². The number of nitrogens with zero attached hydrogens (tertiary/aromatic N) is 2. The number of hydrogen-bond donors (Lipinski definition) is 2. The Morgan fingerprint density at radius 1 is 1.14 bits per heavy atom. The number of rotatable bonds is 11. The lowest BCUT2D eigenvalue weighted by Crippen LogP contribution is -2.25. The van der Waals surface area contributed by atoms with Crippen molar-refractivity contribution in [3.63, 3.8) is 0 Å². The van der Waals surface area contributed by atoms with Crippen molar-refractivity contribution in [1.82, 2.24) is 15.5 Å². The molecule has 1 aromatic rings. The van der Waals surface area contributed by atoms with Crippen LogP contribution in [-0.2, 0) is 0 Å². The van der Waals surface area contributed by atoms with Crippen LogP contribution in [0.2, 0.25) is 0 Å². The highest BCUT2D eigenvalue weighted by molar-refractivity contribution is 7.98. The Morgan fingerprint density at radius 3 is 2.62 bits per heavy atom. The van der Waals surface area contributed by atoms with Crippen LogP contribution in [0, 0.1) is 0 Å². The van der Waals surface area contributed by atoms with Gasteiger partial charge in [-0.15, -0.1) is 10.2 Å². The first-order valence-electron chi connectivity index (χ1n) is 7.62. The van der Waals surface area contributed by atoms with Gasteiger partial charge < -0.3 is 10.6 Å². The second kappa shape index (κ2) is 11.4. The fourth-order valence-corrected chi connectivity index (χ4v) is 2.31. The van der Waals surface area contributed by atoms with Crippen molar-refractivity contribution < 1.29 is 4.79 Å². The first kappa shape index (κ1) is 17.8. The minimum atomic E-state index is -0.145. The Kier molecular flexibility index (Phi) is 9.61. The second-order valence-electron chi connectivity index (χ2n) is 4.89. The van der Waals surface area contributed by atoms with Crippen molar-refractivity contribution >= 4 is 23.5 Å². The van der Waals surface area contributed by atoms with Crippen molar-refractivity contribution in [2.75, 3.05) is 30.4 Å². The Bertz CT molecular complexity index is 397. The molecule has 0 saturated carbocycles. The minimum Gasteiger partial charge on any atom is -0.369 e. The van der Waals surface area contributed by atoms with Gasteiger partial charge >= 0.3 is 0 Å². The van der Waals surface area contributed by atoms with E-state index in [1.165, 1.54) is 18.6 Å². The predicted octanol–water partition coefficient (Wildman–Crippen LogP) is 2.95. The standard InChI is InChI=1S/C15H26N4OS/c1-3-10-16-14-9-8-13(18-19-14)15(20)17-11-6-4-5-7-12-21-2/h8-9H,3-7,10-12H2,1-2H3,(H,16,19)(H,17,20). The number of hydrogen-bond acceptors (Lipinski definition) is 5. The maximum atomic E-state index is 11.9. The van der Waals surface area contributed by atoms with E-state index in [0.717, 1.165) is 25.8 Å². The third-order valence-corrected chi connectivity index (χ3v) is 3.71. The number of carbonyl (C=O) groups is 1. The number of nitrogens with one attached hydrogen (secondary N) is 2. The molecule has 2 N–H and O–H groups in total. The summed E-state index contributed by atoms with van der Waals surface area (Å²) in [5.41, 5.74) is 0.374. The summed E-state index contributed by atoms with van der Waals surface area (Å²) in [6.45, 7) is 3.65. The van der Waals surface area contributed by atoms with Gasteiger partial charge in [0.2, 0.25) is 0 Å². The van der Waals surface area contributed by atoms with Crippen LogP contribution in [0.3, 0.4) is 0 Å². The first-order valence-corrected chi connectivity index (χ1v) is 9.02. The Morgan fingerprint density at radius 2 is 1.95 bits per heavy atom. The van der Waals surface area contributed by atoms with E-state index in [-0.39, 0.29) is 5.91 Å². The minimum absolute atomic E-state index is 0.145. The van der Waals surface area contributed by atoms with Crippen LogP contribution in [0.1, 0.15) is 49.5 Å². The molecule has 1 heterocycles. The summed E-state index contributed by atoms with van der Waals surface area (Å²) in [6, 6.07) is 3.50. The van der Waals surface area contributed by atoms with E-state index in [1.54, 1.807) is 12.1 Å². The molecule has 0 aliphatic rings. The number of aromatic nitrogens is 2. The Hall–Kier alpha value is -1.30. The van der Waals surface area contributed by atoms with Gasteiger partial charge in [-0.1, -0.05) is 19.8 Å². The molecule has 0 fully saturated rings. The van der Waals surface area contributed by atoms with Gasteiger partial charge in [0, 0.05) is 13.1 Å². The quantitative estimate of drug-likeness (QED) is 0.615. The van der Waals surface area contributed by atoms with E-state index in [9.17, 15) is 4.79 Å². The molecule has 0 spiro atoms. The molecule has 1 aromatic heterocycles. The third kappa shape index (κ3) is 7.90. The zero-order valence-corrected chi connectivity index (χ0v) is 13.8. The number of thioether (sulfide) groups is 1. The highest BCUT2D eigenvalue weighted by atomic mass is 32.2. The van der Waals surface area contributed by atoms with Gasteiger partial charge in [0.25, 0.3) is 5.91 Å². The van der Waals surface area contributed by atoms with Crippen LogP contribution in [0.15, 0.2) is 12.1 Å². The lowest BCUT2D eigenvalue weighted by molar-refractivity contribution is 0.0947. The van der Waals surface area contributed by atoms with Gasteiger partial charge in [-0.05, 0) is 43.4 Å². The SMILES string of the molecule is CCCNc1ccc(C(=O)NCCCCCCSC)nn1. The smallest absolute Gasteiger partial charge is 0.271 e. The number of amides is 1. The second-order valence-corrected chi connectivity index (χ2v) is 5.88. The van der Waals surface area contributed by atoms with E-state index in [1.807, 2.05) is 11.8 Å². The Balaban J connectivity index is 2.19. The summed E-state index contributed by atoms with van der Waals surface area (Å²) < 4.78 is 0. The predicted molar refractivity (Wildman–Crippen MR) is 90.0 cm³/mol. The first-order chi connectivity index (χ1) is 10.3. The fourth-order valence-electron chi connectivity index (χ4n) is 1.82. The lowest BCUT2D eigenvalue weighted by atomic mass is 10.2. The van der Waals surface area contributed by atoms with Crippen LogP contribution in [0.5, 0.6) is 0 Å². The maximum absolute atomic E-state index is 11.9. The van der Waals surface area contributed by atoms with Crippen LogP contribution < -0.4 is 10.6 Å². The monoisotopic (exact) mass is 310 g/mol. The van der Waals surface area contributed by atoms with Crippen molar-refractivity contribution in [2.45, 2.75) is 39.0 Å². The normalized spacial score (nSPS) is 10.4. The summed E-state index contributed by atoms with van der Waals surface area (Å²) in [5.74, 6) is 1.79. The molecule has 0 bridgehead atoms. The summed E-state index contributed by atoms with van der Waals surface area (Å²) in [6.07, 6.45) is 7.82. The number of carbonyl (C=O) groups excluding carboxylic acids is 1. The Labute approximate surface area is 131 Å². The molecule has 118 valence electrons. The van der Waals surface area contributed by atoms with Gasteiger partial charge in [-0.25, -0.2) is 0 Å². The molecule has 1 rings (SSSR count). The fraction of sp³-hybridized carbons (Fsp3) is 0.667. The molecule has 0 aromatic carbocycles. The van der Waals surface area contributed by atoms with Crippen molar-refractivity contribution in [3.05, 3.63) is 17.8 Å². The van der Waals surface area contributed by atoms with Crippen LogP contribution in [-0.4, -0.2) is 41.2 Å². The molecule has 0 aliphatic heterocycles. The van der Waals surface area contributed by atoms with Crippen molar-refractivity contribution in [2.24, 2.45) is 0 Å². The topological polar surface area (TPSA) is 66.9 Å². The van der Waals surface area contributed by atoms with E-state index in [0.29, 0.717) is 18.1 Å². The summed E-state index contributed by atoms with van der Waals surface area (Å²) in [7, 11) is 0. The lowest BCUT2D eigenvalue weighted by Gasteiger charge is -2.06. The molecule has 1 amide bonds. The van der Waals surface area contributed by atoms with E-state index < -0.39 is 0 Å². The van der Waals surface area contributed by atoms with E-state index in [2.05, 4.69) is 34.0 Å². The summed E-state index contributed by atoms with van der Waals surface area (Å²) in [5, 5.41) is 14.0. The molecule has 6 heteroatoms. The molecule has 21 heavy (non-hydrogen) atoms. The highest BCUT2D eigenvalue weighted by Gasteiger charge is 2.07. The molecule has 0 aliphatic carbocycles. The van der Waals surface area contributed by atoms with E-state index in [4.69, 9.17) is 0 Å². The number of anilines is 1. The molecule has 0 atom stereocenters. The molecule has 0 saturated heterocycles. The van der Waals surface area contributed by atoms with Crippen LogP contribution >= 0.6 is 11.8 Å². The van der Waals surface area contributed by atoms with Gasteiger partial charge in [0.15, 0.2) is 5.69 Å². The van der Waals surface area contributed by atoms with Gasteiger partial charge in [0.1, 0.15) is 5.82 Å². The molecular formula is C15H26N4OS. The molecule has 0 unspecified atom stereocenters. The largest absolute Gasteiger partial charge is 0.369 e. The zero-order chi connectivity index (χ0) is 15.3. The van der Waals surface area contributed by atoms with Crippen molar-refractivity contribution in [3.8, 4) is 0 Å². The maximum Gasteiger partial charge on any atom is 0.271 e. The number of unbranched alkanes of at least 4 members (excludes halogenated alkanes) is 3. The summed E-state index contributed by atoms with van der Waals surface area (Å²) >= 11 is 1.88. The van der Waals surface area contributed by atoms with Gasteiger partial charge in [-0.2, -0.15) is 11.8 Å². The highest BCUT2D eigenvalue weighted by Crippen LogP contribution is 2.05. The molecular weight excluding hydrogens is 284 g/mol.